The lowest BCUT2D eigenvalue weighted by molar-refractivity contribution is -0.900. The van der Waals surface area contributed by atoms with Crippen molar-refractivity contribution in [2.45, 2.75) is 0 Å². The molecule has 0 atom stereocenters. The van der Waals surface area contributed by atoms with Gasteiger partial charge >= 0.3 is 0 Å². The van der Waals surface area contributed by atoms with E-state index < -0.39 is 0 Å². The third-order valence-electron chi connectivity index (χ3n) is 3.06. The quantitative estimate of drug-likeness (QED) is 0.264. The molecule has 1 heterocycles. The number of rotatable bonds is 2. The number of carbonyl (C=O) groups excluding carboxylic acids is 1. The minimum atomic E-state index is -0.316. The molecule has 2 rings (SSSR count). The predicted octanol–water partition coefficient (Wildman–Crippen LogP) is -1.44. The number of ether oxygens (including phenoxy) is 1. The van der Waals surface area contributed by atoms with E-state index in [9.17, 15) is 4.79 Å². The van der Waals surface area contributed by atoms with Crippen LogP contribution in [0.4, 0.5) is 0 Å². The normalized spacial score (nSPS) is 15.4. The highest BCUT2D eigenvalue weighted by molar-refractivity contribution is 5.96. The monoisotopic (exact) mass is 260 g/mol. The van der Waals surface area contributed by atoms with Crippen LogP contribution in [0.5, 0.6) is 0 Å². The number of carbonyl (C=O) groups is 1. The maximum absolute atomic E-state index is 11.6. The first-order chi connectivity index (χ1) is 9.31. The summed E-state index contributed by atoms with van der Waals surface area (Å²) in [7, 11) is 0. The van der Waals surface area contributed by atoms with Crippen LogP contribution >= 0.6 is 0 Å². The van der Waals surface area contributed by atoms with E-state index in [0.717, 1.165) is 32.8 Å². The van der Waals surface area contributed by atoms with Crippen LogP contribution in [0, 0.1) is 11.8 Å². The van der Waals surface area contributed by atoms with E-state index in [0.29, 0.717) is 11.1 Å². The average Bonchev–Trinajstić information content (AvgIpc) is 2.48. The van der Waals surface area contributed by atoms with Crippen LogP contribution in [0.3, 0.4) is 0 Å². The highest BCUT2D eigenvalue weighted by Crippen LogP contribution is 2.06. The Kier molecular flexibility index (Phi) is 4.93. The van der Waals surface area contributed by atoms with Crippen molar-refractivity contribution in [2.75, 3.05) is 32.8 Å². The predicted molar refractivity (Wildman–Crippen MR) is 71.4 cm³/mol. The first kappa shape index (κ1) is 13.6. The molecule has 4 N–H and O–H groups in total. The number of nitrogens with two attached hydrogens (primary N) is 1. The van der Waals surface area contributed by atoms with E-state index in [-0.39, 0.29) is 5.91 Å². The summed E-state index contributed by atoms with van der Waals surface area (Å²) in [5.74, 6) is 11.0. The Bertz CT molecular complexity index is 499. The van der Waals surface area contributed by atoms with Gasteiger partial charge in [-0.05, 0) is 18.1 Å². The molecule has 0 aromatic heterocycles. The van der Waals surface area contributed by atoms with Crippen molar-refractivity contribution >= 4 is 5.91 Å². The molecule has 1 aliphatic heterocycles. The summed E-state index contributed by atoms with van der Waals surface area (Å²) < 4.78 is 5.29. The SMILES string of the molecule is NNC(=O)c1ccccc1C#CC[NH+]1CCOCC1. The highest BCUT2D eigenvalue weighted by atomic mass is 16.5. The van der Waals surface area contributed by atoms with Crippen LogP contribution in [0.1, 0.15) is 15.9 Å². The highest BCUT2D eigenvalue weighted by Gasteiger charge is 2.11. The Morgan fingerprint density at radius 1 is 1.37 bits per heavy atom. The summed E-state index contributed by atoms with van der Waals surface area (Å²) in [5.41, 5.74) is 3.35. The van der Waals surface area contributed by atoms with Crippen molar-refractivity contribution in [1.29, 1.82) is 0 Å². The topological polar surface area (TPSA) is 68.8 Å². The van der Waals surface area contributed by atoms with Gasteiger partial charge < -0.3 is 9.64 Å². The van der Waals surface area contributed by atoms with E-state index in [1.54, 1.807) is 12.1 Å². The van der Waals surface area contributed by atoms with Gasteiger partial charge in [0.05, 0.1) is 18.8 Å². The Balaban J connectivity index is 2.04. The molecule has 1 saturated heterocycles. The van der Waals surface area contributed by atoms with Gasteiger partial charge in [-0.1, -0.05) is 18.1 Å². The number of hydrazine groups is 1. The number of amides is 1. The second-order valence-electron chi connectivity index (χ2n) is 4.36. The Morgan fingerprint density at radius 3 is 2.84 bits per heavy atom. The molecule has 0 unspecified atom stereocenters. The van der Waals surface area contributed by atoms with Gasteiger partial charge in [-0.25, -0.2) is 5.84 Å². The summed E-state index contributed by atoms with van der Waals surface area (Å²) in [6.07, 6.45) is 0. The van der Waals surface area contributed by atoms with Crippen LogP contribution < -0.4 is 16.2 Å². The minimum Gasteiger partial charge on any atom is -0.370 e. The maximum atomic E-state index is 11.6. The summed E-state index contributed by atoms with van der Waals surface area (Å²) in [4.78, 5) is 13.0. The van der Waals surface area contributed by atoms with E-state index in [2.05, 4.69) is 17.3 Å². The standard InChI is InChI=1S/C14H17N3O2/c15-16-14(18)13-6-2-1-4-12(13)5-3-7-17-8-10-19-11-9-17/h1-2,4,6H,7-11,15H2,(H,16,18)/p+1. The fourth-order valence-corrected chi connectivity index (χ4v) is 1.97. The lowest BCUT2D eigenvalue weighted by Crippen LogP contribution is -3.14. The number of nitrogen functional groups attached to an aromatic ring is 1. The molecule has 1 aromatic carbocycles. The van der Waals surface area contributed by atoms with Crippen LogP contribution in [0.15, 0.2) is 24.3 Å². The van der Waals surface area contributed by atoms with Crippen molar-refractivity contribution in [3.05, 3.63) is 35.4 Å². The molecule has 0 saturated carbocycles. The number of hydrogen-bond acceptors (Lipinski definition) is 3. The largest absolute Gasteiger partial charge is 0.370 e. The second-order valence-corrected chi connectivity index (χ2v) is 4.36. The molecular formula is C14H18N3O2+. The Labute approximate surface area is 112 Å². The van der Waals surface area contributed by atoms with Crippen molar-refractivity contribution in [2.24, 2.45) is 5.84 Å². The van der Waals surface area contributed by atoms with Gasteiger partial charge in [-0.15, -0.1) is 0 Å². The van der Waals surface area contributed by atoms with Crippen molar-refractivity contribution in [1.82, 2.24) is 5.43 Å². The van der Waals surface area contributed by atoms with Gasteiger partial charge in [-0.3, -0.25) is 10.2 Å². The van der Waals surface area contributed by atoms with Gasteiger partial charge in [0.15, 0.2) is 0 Å². The maximum Gasteiger partial charge on any atom is 0.266 e. The van der Waals surface area contributed by atoms with Gasteiger partial charge in [0.1, 0.15) is 19.6 Å². The van der Waals surface area contributed by atoms with Crippen LogP contribution in [-0.4, -0.2) is 38.8 Å². The molecule has 0 radical (unpaired) electrons. The van der Waals surface area contributed by atoms with Crippen LogP contribution in [-0.2, 0) is 4.74 Å². The smallest absolute Gasteiger partial charge is 0.266 e. The van der Waals surface area contributed by atoms with E-state index in [1.807, 2.05) is 12.1 Å². The Hall–Kier alpha value is -1.87. The zero-order valence-corrected chi connectivity index (χ0v) is 10.7. The fourth-order valence-electron chi connectivity index (χ4n) is 1.97. The summed E-state index contributed by atoms with van der Waals surface area (Å²) in [6.45, 7) is 4.33. The van der Waals surface area contributed by atoms with Gasteiger partial charge in [-0.2, -0.15) is 0 Å². The van der Waals surface area contributed by atoms with Crippen LogP contribution in [0.2, 0.25) is 0 Å². The molecule has 1 amide bonds. The molecular weight excluding hydrogens is 242 g/mol. The lowest BCUT2D eigenvalue weighted by atomic mass is 10.1. The van der Waals surface area contributed by atoms with Crippen molar-refractivity contribution in [3.63, 3.8) is 0 Å². The van der Waals surface area contributed by atoms with E-state index in [1.165, 1.54) is 4.90 Å². The van der Waals surface area contributed by atoms with Gasteiger partial charge in [0.2, 0.25) is 0 Å². The average molecular weight is 260 g/mol. The molecule has 0 spiro atoms. The zero-order chi connectivity index (χ0) is 13.5. The number of benzene rings is 1. The zero-order valence-electron chi connectivity index (χ0n) is 10.7. The first-order valence-corrected chi connectivity index (χ1v) is 6.31. The molecule has 0 bridgehead atoms. The molecule has 5 nitrogen and oxygen atoms in total. The summed E-state index contributed by atoms with van der Waals surface area (Å²) >= 11 is 0. The summed E-state index contributed by atoms with van der Waals surface area (Å²) in [6, 6.07) is 7.20. The third kappa shape index (κ3) is 3.80. The number of morpholine rings is 1. The molecule has 19 heavy (non-hydrogen) atoms. The number of quaternary nitrogens is 1. The Morgan fingerprint density at radius 2 is 2.11 bits per heavy atom. The number of nitrogens with one attached hydrogen (secondary N) is 2. The van der Waals surface area contributed by atoms with Crippen molar-refractivity contribution in [3.8, 4) is 11.8 Å². The van der Waals surface area contributed by atoms with Gasteiger partial charge in [0.25, 0.3) is 5.91 Å². The minimum absolute atomic E-state index is 0.316. The second kappa shape index (κ2) is 6.90. The third-order valence-corrected chi connectivity index (χ3v) is 3.06. The first-order valence-electron chi connectivity index (χ1n) is 6.31. The molecule has 1 fully saturated rings. The molecule has 1 aromatic rings. The molecule has 0 aliphatic carbocycles. The molecule has 100 valence electrons. The van der Waals surface area contributed by atoms with Crippen LogP contribution in [0.25, 0.3) is 0 Å². The lowest BCUT2D eigenvalue weighted by Gasteiger charge is -2.21. The van der Waals surface area contributed by atoms with E-state index >= 15 is 0 Å². The fraction of sp³-hybridized carbons (Fsp3) is 0.357. The summed E-state index contributed by atoms with van der Waals surface area (Å²) in [5, 5.41) is 0. The van der Waals surface area contributed by atoms with E-state index in [4.69, 9.17) is 10.6 Å². The van der Waals surface area contributed by atoms with Crippen molar-refractivity contribution < 1.29 is 14.4 Å². The van der Waals surface area contributed by atoms with Gasteiger partial charge in [0, 0.05) is 5.56 Å². The molecule has 5 heteroatoms. The molecule has 1 aliphatic rings. The number of hydrogen-bond donors (Lipinski definition) is 3.